The maximum Gasteiger partial charge on any atom is 0.153 e. The number of benzene rings is 2. The zero-order valence-corrected chi connectivity index (χ0v) is 14.0. The quantitative estimate of drug-likeness (QED) is 0.435. The molecule has 0 aliphatic heterocycles. The summed E-state index contributed by atoms with van der Waals surface area (Å²) in [6, 6.07) is 13.9. The molecule has 0 bridgehead atoms. The summed E-state index contributed by atoms with van der Waals surface area (Å²) < 4.78 is 20.4. The largest absolute Gasteiger partial charge is 0.497 e. The Bertz CT molecular complexity index is 1060. The number of nitrogens with one attached hydrogen (secondary N) is 1. The van der Waals surface area contributed by atoms with E-state index in [0.29, 0.717) is 11.5 Å². The molecule has 3 N–H and O–H groups in total. The van der Waals surface area contributed by atoms with Crippen LogP contribution in [0.15, 0.2) is 61.1 Å². The number of aromatic nitrogens is 3. The molecule has 6 nitrogen and oxygen atoms in total. The lowest BCUT2D eigenvalue weighted by molar-refractivity contribution is 0.415. The van der Waals surface area contributed by atoms with Crippen LogP contribution in [0.3, 0.4) is 0 Å². The molecule has 0 aliphatic carbocycles. The normalized spacial score (nSPS) is 10.9. The van der Waals surface area contributed by atoms with Crippen LogP contribution >= 0.6 is 0 Å². The molecule has 0 atom stereocenters. The number of nitrogens with zero attached hydrogens (tertiary/aromatic N) is 3. The second kappa shape index (κ2) is 6.45. The highest BCUT2D eigenvalue weighted by molar-refractivity contribution is 6.02. The highest BCUT2D eigenvalue weighted by Crippen LogP contribution is 2.35. The van der Waals surface area contributed by atoms with Crippen LogP contribution in [0, 0.1) is 5.82 Å². The first-order chi connectivity index (χ1) is 12.7. The lowest BCUT2D eigenvalue weighted by atomic mass is 10.1. The van der Waals surface area contributed by atoms with Gasteiger partial charge in [-0.05, 0) is 42.0 Å². The predicted molar refractivity (Wildman–Crippen MR) is 98.6 cm³/mol. The minimum Gasteiger partial charge on any atom is -0.497 e. The van der Waals surface area contributed by atoms with Gasteiger partial charge < -0.3 is 14.7 Å². The van der Waals surface area contributed by atoms with Gasteiger partial charge in [0.1, 0.15) is 17.9 Å². The first kappa shape index (κ1) is 16.0. The third-order valence-corrected chi connectivity index (χ3v) is 4.23. The minimum atomic E-state index is -0.292. The average Bonchev–Trinajstić information content (AvgIpc) is 3.08. The Hall–Kier alpha value is -3.45. The molecule has 0 radical (unpaired) electrons. The lowest BCUT2D eigenvalue weighted by Gasteiger charge is -2.05. The molecule has 0 spiro atoms. The Kier molecular flexibility index (Phi) is 3.98. The van der Waals surface area contributed by atoms with Crippen molar-refractivity contribution in [3.8, 4) is 22.6 Å². The number of ether oxygens (including phenoxy) is 1. The Morgan fingerprint density at radius 3 is 2.42 bits per heavy atom. The van der Waals surface area contributed by atoms with Gasteiger partial charge in [0, 0.05) is 17.4 Å². The number of hydrogen-bond acceptors (Lipinski definition) is 5. The summed E-state index contributed by atoms with van der Waals surface area (Å²) in [5.41, 5.74) is 5.95. The molecular weight excluding hydrogens is 333 g/mol. The van der Waals surface area contributed by atoms with Crippen molar-refractivity contribution < 1.29 is 9.13 Å². The van der Waals surface area contributed by atoms with E-state index in [1.807, 2.05) is 35.0 Å². The first-order valence-corrected chi connectivity index (χ1v) is 7.94. The van der Waals surface area contributed by atoms with Gasteiger partial charge in [-0.3, -0.25) is 0 Å². The Balaban J connectivity index is 1.98. The molecule has 4 rings (SSSR count). The van der Waals surface area contributed by atoms with Crippen LogP contribution in [0.2, 0.25) is 0 Å². The van der Waals surface area contributed by atoms with Gasteiger partial charge in [-0.1, -0.05) is 12.1 Å². The molecule has 4 aromatic rings. The van der Waals surface area contributed by atoms with Crippen LogP contribution in [0.25, 0.3) is 27.8 Å². The van der Waals surface area contributed by atoms with Gasteiger partial charge in [0.2, 0.25) is 0 Å². The van der Waals surface area contributed by atoms with Crippen molar-refractivity contribution in [2.45, 2.75) is 0 Å². The Labute approximate surface area is 149 Å². The van der Waals surface area contributed by atoms with Crippen LogP contribution in [0.5, 0.6) is 5.75 Å². The maximum atomic E-state index is 13.3. The third-order valence-electron chi connectivity index (χ3n) is 4.23. The van der Waals surface area contributed by atoms with Crippen molar-refractivity contribution >= 4 is 16.9 Å². The number of rotatable bonds is 4. The van der Waals surface area contributed by atoms with Crippen LogP contribution in [0.1, 0.15) is 0 Å². The van der Waals surface area contributed by atoms with E-state index in [4.69, 9.17) is 10.6 Å². The number of nitrogen functional groups attached to an aromatic ring is 1. The standard InChI is InChI=1S/C19H16FN5O/c1-26-15-8-2-12(3-9-15)16-10-25(14-6-4-13(20)5-7-14)19-17(16)18(24-21)22-11-23-19/h2-11H,21H2,1H3,(H,22,23,24). The van der Waals surface area contributed by atoms with E-state index in [9.17, 15) is 4.39 Å². The molecule has 0 aliphatic rings. The Morgan fingerprint density at radius 1 is 1.04 bits per heavy atom. The van der Waals surface area contributed by atoms with E-state index < -0.39 is 0 Å². The van der Waals surface area contributed by atoms with Crippen molar-refractivity contribution in [2.75, 3.05) is 12.5 Å². The van der Waals surface area contributed by atoms with Crippen LogP contribution < -0.4 is 16.0 Å². The van der Waals surface area contributed by atoms with Gasteiger partial charge in [0.15, 0.2) is 11.5 Å². The molecule has 7 heteroatoms. The van der Waals surface area contributed by atoms with Gasteiger partial charge in [-0.25, -0.2) is 20.2 Å². The summed E-state index contributed by atoms with van der Waals surface area (Å²) in [5, 5.41) is 0.782. The van der Waals surface area contributed by atoms with Crippen molar-refractivity contribution in [3.63, 3.8) is 0 Å². The number of hydrazine groups is 1. The number of fused-ring (bicyclic) bond motifs is 1. The van der Waals surface area contributed by atoms with Crippen molar-refractivity contribution in [1.29, 1.82) is 0 Å². The third kappa shape index (κ3) is 2.64. The molecule has 2 aromatic carbocycles. The monoisotopic (exact) mass is 349 g/mol. The molecule has 0 saturated heterocycles. The molecule has 0 unspecified atom stereocenters. The minimum absolute atomic E-state index is 0.292. The number of nitrogens with two attached hydrogens (primary N) is 1. The van der Waals surface area contributed by atoms with E-state index in [1.165, 1.54) is 18.5 Å². The van der Waals surface area contributed by atoms with E-state index in [-0.39, 0.29) is 5.82 Å². The van der Waals surface area contributed by atoms with Crippen molar-refractivity contribution in [2.24, 2.45) is 5.84 Å². The summed E-state index contributed by atoms with van der Waals surface area (Å²) >= 11 is 0. The lowest BCUT2D eigenvalue weighted by Crippen LogP contribution is -2.09. The fourth-order valence-electron chi connectivity index (χ4n) is 2.96. The molecule has 0 saturated carbocycles. The van der Waals surface area contributed by atoms with Crippen LogP contribution in [0.4, 0.5) is 10.2 Å². The summed E-state index contributed by atoms with van der Waals surface area (Å²) in [6.45, 7) is 0. The summed E-state index contributed by atoms with van der Waals surface area (Å²) in [4.78, 5) is 8.63. The molecule has 0 fully saturated rings. The van der Waals surface area contributed by atoms with Gasteiger partial charge in [-0.15, -0.1) is 0 Å². The molecule has 130 valence electrons. The van der Waals surface area contributed by atoms with Gasteiger partial charge in [0.05, 0.1) is 12.5 Å². The summed E-state index contributed by atoms with van der Waals surface area (Å²) in [6.07, 6.45) is 3.38. The molecule has 2 aromatic heterocycles. The fraction of sp³-hybridized carbons (Fsp3) is 0.0526. The van der Waals surface area contributed by atoms with Gasteiger partial charge in [-0.2, -0.15) is 0 Å². The molecular formula is C19H16FN5O. The second-order valence-corrected chi connectivity index (χ2v) is 5.68. The summed E-state index contributed by atoms with van der Waals surface area (Å²) in [5.74, 6) is 6.65. The fourth-order valence-corrected chi connectivity index (χ4v) is 2.96. The van der Waals surface area contributed by atoms with E-state index in [1.54, 1.807) is 19.2 Å². The number of halogens is 1. The van der Waals surface area contributed by atoms with E-state index >= 15 is 0 Å². The van der Waals surface area contributed by atoms with Crippen molar-refractivity contribution in [3.05, 3.63) is 66.9 Å². The average molecular weight is 349 g/mol. The summed E-state index contributed by atoms with van der Waals surface area (Å²) in [7, 11) is 1.62. The van der Waals surface area contributed by atoms with E-state index in [0.717, 1.165) is 28.0 Å². The smallest absolute Gasteiger partial charge is 0.153 e. The Morgan fingerprint density at radius 2 is 1.77 bits per heavy atom. The van der Waals surface area contributed by atoms with Crippen LogP contribution in [-0.2, 0) is 0 Å². The zero-order chi connectivity index (χ0) is 18.1. The maximum absolute atomic E-state index is 13.3. The molecule has 26 heavy (non-hydrogen) atoms. The zero-order valence-electron chi connectivity index (χ0n) is 14.0. The molecule has 0 amide bonds. The van der Waals surface area contributed by atoms with Gasteiger partial charge in [0.25, 0.3) is 0 Å². The van der Waals surface area contributed by atoms with E-state index in [2.05, 4.69) is 15.4 Å². The first-order valence-electron chi connectivity index (χ1n) is 7.94. The van der Waals surface area contributed by atoms with Crippen LogP contribution in [-0.4, -0.2) is 21.6 Å². The van der Waals surface area contributed by atoms with Gasteiger partial charge >= 0.3 is 0 Å². The number of hydrogen-bond donors (Lipinski definition) is 2. The predicted octanol–water partition coefficient (Wildman–Crippen LogP) is 3.52. The highest BCUT2D eigenvalue weighted by Gasteiger charge is 2.17. The highest BCUT2D eigenvalue weighted by atomic mass is 19.1. The number of methoxy groups -OCH3 is 1. The number of anilines is 1. The molecule has 2 heterocycles. The van der Waals surface area contributed by atoms with Crippen molar-refractivity contribution in [1.82, 2.24) is 14.5 Å². The topological polar surface area (TPSA) is 78.0 Å². The second-order valence-electron chi connectivity index (χ2n) is 5.68. The SMILES string of the molecule is COc1ccc(-c2cn(-c3ccc(F)cc3)c3ncnc(NN)c23)cc1.